The van der Waals surface area contributed by atoms with E-state index >= 15 is 0 Å². The standard InChI is InChI=1S/C8H9BrN4O3/c1-11-3-2-6(8(11)14)12-4-5(9)7(10-12)13(15)16/h4,6H,2-3H2,1H3. The number of likely N-dealkylation sites (tertiary alicyclic amines) is 1. The predicted octanol–water partition coefficient (Wildman–Crippen LogP) is 0.957. The molecule has 86 valence electrons. The topological polar surface area (TPSA) is 81.3 Å². The number of rotatable bonds is 2. The summed E-state index contributed by atoms with van der Waals surface area (Å²) in [6, 6.07) is -0.421. The SMILES string of the molecule is CN1CCC(n2cc(Br)c([N+](=O)[O-])n2)C1=O. The van der Waals surface area contributed by atoms with Crippen molar-refractivity contribution >= 4 is 27.7 Å². The first-order valence-electron chi connectivity index (χ1n) is 4.64. The van der Waals surface area contributed by atoms with E-state index in [1.165, 1.54) is 10.9 Å². The Kier molecular flexibility index (Phi) is 2.66. The second-order valence-electron chi connectivity index (χ2n) is 3.60. The van der Waals surface area contributed by atoms with Crippen molar-refractivity contribution in [1.82, 2.24) is 14.7 Å². The van der Waals surface area contributed by atoms with Gasteiger partial charge in [0.25, 0.3) is 0 Å². The van der Waals surface area contributed by atoms with Crippen molar-refractivity contribution in [2.45, 2.75) is 12.5 Å². The van der Waals surface area contributed by atoms with Crippen molar-refractivity contribution in [3.63, 3.8) is 0 Å². The molecule has 1 aromatic heterocycles. The molecule has 1 amide bonds. The number of hydrogen-bond donors (Lipinski definition) is 0. The van der Waals surface area contributed by atoms with E-state index in [1.54, 1.807) is 11.9 Å². The molecule has 1 saturated heterocycles. The van der Waals surface area contributed by atoms with Gasteiger partial charge in [0, 0.05) is 13.6 Å². The molecule has 1 aromatic rings. The molecule has 1 atom stereocenters. The van der Waals surface area contributed by atoms with Gasteiger partial charge in [-0.05, 0) is 27.3 Å². The molecule has 2 heterocycles. The molecule has 1 unspecified atom stereocenters. The van der Waals surface area contributed by atoms with Gasteiger partial charge < -0.3 is 15.0 Å². The first-order chi connectivity index (χ1) is 7.50. The van der Waals surface area contributed by atoms with Crippen molar-refractivity contribution in [1.29, 1.82) is 0 Å². The van der Waals surface area contributed by atoms with Gasteiger partial charge in [0.1, 0.15) is 4.47 Å². The Morgan fingerprint density at radius 3 is 2.81 bits per heavy atom. The monoisotopic (exact) mass is 288 g/mol. The Morgan fingerprint density at radius 2 is 2.38 bits per heavy atom. The van der Waals surface area contributed by atoms with Gasteiger partial charge in [0.15, 0.2) is 6.04 Å². The molecule has 16 heavy (non-hydrogen) atoms. The van der Waals surface area contributed by atoms with Crippen LogP contribution in [0, 0.1) is 10.1 Å². The lowest BCUT2D eigenvalue weighted by atomic mass is 10.2. The fraction of sp³-hybridized carbons (Fsp3) is 0.500. The molecule has 0 aromatic carbocycles. The summed E-state index contributed by atoms with van der Waals surface area (Å²) in [7, 11) is 1.70. The third-order valence-corrected chi connectivity index (χ3v) is 3.12. The maximum absolute atomic E-state index is 11.7. The summed E-state index contributed by atoms with van der Waals surface area (Å²) in [6.45, 7) is 0.648. The van der Waals surface area contributed by atoms with Gasteiger partial charge in [-0.25, -0.2) is 0 Å². The summed E-state index contributed by atoms with van der Waals surface area (Å²) in [5.41, 5.74) is 0. The van der Waals surface area contributed by atoms with Gasteiger partial charge in [-0.1, -0.05) is 0 Å². The molecule has 2 rings (SSSR count). The third-order valence-electron chi connectivity index (χ3n) is 2.56. The van der Waals surface area contributed by atoms with Gasteiger partial charge >= 0.3 is 5.82 Å². The third kappa shape index (κ3) is 1.69. The largest absolute Gasteiger partial charge is 0.404 e. The highest BCUT2D eigenvalue weighted by Crippen LogP contribution is 2.28. The molecule has 7 nitrogen and oxygen atoms in total. The zero-order chi connectivity index (χ0) is 11.9. The van der Waals surface area contributed by atoms with Crippen LogP contribution in [0.5, 0.6) is 0 Å². The van der Waals surface area contributed by atoms with Gasteiger partial charge in [-0.2, -0.15) is 4.68 Å². The highest BCUT2D eigenvalue weighted by atomic mass is 79.9. The number of carbonyl (C=O) groups is 1. The van der Waals surface area contributed by atoms with Crippen LogP contribution in [-0.2, 0) is 4.79 Å². The molecule has 1 aliphatic heterocycles. The molecule has 0 saturated carbocycles. The molecule has 0 radical (unpaired) electrons. The van der Waals surface area contributed by atoms with E-state index in [2.05, 4.69) is 21.0 Å². The van der Waals surface area contributed by atoms with Crippen LogP contribution < -0.4 is 0 Å². The maximum atomic E-state index is 11.7. The van der Waals surface area contributed by atoms with E-state index in [1.807, 2.05) is 0 Å². The Hall–Kier alpha value is -1.44. The molecule has 8 heteroatoms. The molecular formula is C8H9BrN4O3. The van der Waals surface area contributed by atoms with Gasteiger partial charge in [0.2, 0.25) is 5.91 Å². The average Bonchev–Trinajstić information content (AvgIpc) is 2.73. The molecule has 0 bridgehead atoms. The molecular weight excluding hydrogens is 280 g/mol. The minimum Gasteiger partial charge on any atom is -0.358 e. The molecule has 1 aliphatic rings. The number of amides is 1. The van der Waals surface area contributed by atoms with Crippen LogP contribution in [0.1, 0.15) is 12.5 Å². The van der Waals surface area contributed by atoms with Gasteiger partial charge in [-0.15, -0.1) is 0 Å². The number of hydrogen-bond acceptors (Lipinski definition) is 4. The van der Waals surface area contributed by atoms with E-state index in [0.717, 1.165) is 0 Å². The van der Waals surface area contributed by atoms with Gasteiger partial charge in [0.05, 0.1) is 11.3 Å². The lowest BCUT2D eigenvalue weighted by Crippen LogP contribution is -2.24. The van der Waals surface area contributed by atoms with Crippen molar-refractivity contribution in [2.75, 3.05) is 13.6 Å². The molecule has 1 fully saturated rings. The van der Waals surface area contributed by atoms with Crippen LogP contribution in [-0.4, -0.2) is 39.1 Å². The number of carbonyl (C=O) groups excluding carboxylic acids is 1. The van der Waals surface area contributed by atoms with E-state index < -0.39 is 11.0 Å². The summed E-state index contributed by atoms with van der Waals surface area (Å²) in [5, 5.41) is 14.4. The van der Waals surface area contributed by atoms with Crippen LogP contribution in [0.4, 0.5) is 5.82 Å². The summed E-state index contributed by atoms with van der Waals surface area (Å²) in [6.07, 6.45) is 2.10. The fourth-order valence-electron chi connectivity index (χ4n) is 1.69. The summed E-state index contributed by atoms with van der Waals surface area (Å²) in [4.78, 5) is 23.3. The highest BCUT2D eigenvalue weighted by molar-refractivity contribution is 9.10. The fourth-order valence-corrected chi connectivity index (χ4v) is 2.13. The minimum absolute atomic E-state index is 0.0649. The highest BCUT2D eigenvalue weighted by Gasteiger charge is 2.34. The Balaban J connectivity index is 2.32. The molecule has 0 spiro atoms. The Morgan fingerprint density at radius 1 is 1.69 bits per heavy atom. The second-order valence-corrected chi connectivity index (χ2v) is 4.46. The summed E-state index contributed by atoms with van der Waals surface area (Å²) < 4.78 is 1.65. The zero-order valence-electron chi connectivity index (χ0n) is 8.46. The van der Waals surface area contributed by atoms with Crippen molar-refractivity contribution in [2.24, 2.45) is 0 Å². The second kappa shape index (κ2) is 3.85. The Bertz CT molecular complexity index is 458. The van der Waals surface area contributed by atoms with Crippen molar-refractivity contribution < 1.29 is 9.72 Å². The first kappa shape index (κ1) is 11.1. The van der Waals surface area contributed by atoms with E-state index in [4.69, 9.17) is 0 Å². The maximum Gasteiger partial charge on any atom is 0.404 e. The van der Waals surface area contributed by atoms with Crippen LogP contribution >= 0.6 is 15.9 Å². The summed E-state index contributed by atoms with van der Waals surface area (Å²) >= 11 is 3.05. The predicted molar refractivity (Wildman–Crippen MR) is 57.9 cm³/mol. The number of likely N-dealkylation sites (N-methyl/N-ethyl adjacent to an activating group) is 1. The lowest BCUT2D eigenvalue weighted by molar-refractivity contribution is -0.390. The first-order valence-corrected chi connectivity index (χ1v) is 5.44. The van der Waals surface area contributed by atoms with Gasteiger partial charge in [-0.3, -0.25) is 4.79 Å². The van der Waals surface area contributed by atoms with E-state index in [9.17, 15) is 14.9 Å². The van der Waals surface area contributed by atoms with Crippen LogP contribution in [0.25, 0.3) is 0 Å². The normalized spacial score (nSPS) is 20.5. The molecule has 0 N–H and O–H groups in total. The number of halogens is 1. The minimum atomic E-state index is -0.580. The number of nitro groups is 1. The number of aromatic nitrogens is 2. The van der Waals surface area contributed by atoms with Crippen LogP contribution in [0.2, 0.25) is 0 Å². The lowest BCUT2D eigenvalue weighted by Gasteiger charge is -2.07. The zero-order valence-corrected chi connectivity index (χ0v) is 10.0. The van der Waals surface area contributed by atoms with Crippen molar-refractivity contribution in [3.8, 4) is 0 Å². The van der Waals surface area contributed by atoms with Crippen LogP contribution in [0.3, 0.4) is 0 Å². The van der Waals surface area contributed by atoms with Crippen LogP contribution in [0.15, 0.2) is 10.7 Å². The smallest absolute Gasteiger partial charge is 0.358 e. The average molecular weight is 289 g/mol. The number of nitrogens with zero attached hydrogens (tertiary/aromatic N) is 4. The quantitative estimate of drug-likeness (QED) is 0.599. The van der Waals surface area contributed by atoms with E-state index in [0.29, 0.717) is 17.4 Å². The Labute approximate surface area is 99.3 Å². The van der Waals surface area contributed by atoms with Crippen molar-refractivity contribution in [3.05, 3.63) is 20.8 Å². The summed E-state index contributed by atoms with van der Waals surface area (Å²) in [5.74, 6) is -0.327. The van der Waals surface area contributed by atoms with E-state index in [-0.39, 0.29) is 11.7 Å². The molecule has 0 aliphatic carbocycles.